The van der Waals surface area contributed by atoms with Crippen LogP contribution in [0.4, 0.5) is 56.1 Å². The van der Waals surface area contributed by atoms with Crippen molar-refractivity contribution in [1.29, 1.82) is 0 Å². The number of hydrogen-bond donors (Lipinski definition) is 6. The van der Waals surface area contributed by atoms with Crippen LogP contribution in [-0.2, 0) is 41.2 Å². The Morgan fingerprint density at radius 2 is 1.52 bits per heavy atom. The fourth-order valence-electron chi connectivity index (χ4n) is 6.02. The number of nitrogens with zero attached hydrogens (tertiary/aromatic N) is 8. The van der Waals surface area contributed by atoms with Crippen LogP contribution in [0.3, 0.4) is 0 Å². The molecular weight excluding hydrogens is 876 g/mol. The lowest BCUT2D eigenvalue weighted by molar-refractivity contribution is 0.265. The van der Waals surface area contributed by atoms with Crippen LogP contribution in [0.25, 0.3) is 10.8 Å². The van der Waals surface area contributed by atoms with Gasteiger partial charge in [0.05, 0.1) is 23.4 Å². The van der Waals surface area contributed by atoms with Gasteiger partial charge in [0.2, 0.25) is 11.9 Å². The highest BCUT2D eigenvalue weighted by Crippen LogP contribution is 2.46. The molecule has 1 aromatic heterocycles. The Morgan fingerprint density at radius 3 is 2.21 bits per heavy atom. The van der Waals surface area contributed by atoms with Gasteiger partial charge < -0.3 is 21.1 Å². The van der Waals surface area contributed by atoms with Gasteiger partial charge >= 0.3 is 16.5 Å². The van der Waals surface area contributed by atoms with E-state index in [0.29, 0.717) is 17.8 Å². The summed E-state index contributed by atoms with van der Waals surface area (Å²) in [7, 11) is -14.6. The zero-order valence-electron chi connectivity index (χ0n) is 32.3. The van der Waals surface area contributed by atoms with Crippen molar-refractivity contribution in [2.45, 2.75) is 36.5 Å². The number of nitrogen functional groups attached to an aromatic ring is 1. The van der Waals surface area contributed by atoms with Crippen LogP contribution in [0.15, 0.2) is 115 Å². The molecule has 0 atom stereocenters. The van der Waals surface area contributed by atoms with Crippen LogP contribution in [0.5, 0.6) is 5.75 Å². The molecule has 0 aliphatic carbocycles. The predicted octanol–water partition coefficient (Wildman–Crippen LogP) is 7.74. The lowest BCUT2D eigenvalue weighted by Crippen LogP contribution is -2.20. The summed E-state index contributed by atoms with van der Waals surface area (Å²) >= 11 is 0. The van der Waals surface area contributed by atoms with Crippen LogP contribution >= 0.6 is 0 Å². The number of nitrogens with one attached hydrogen (secondary N) is 1. The molecule has 6 rings (SSSR count). The Morgan fingerprint density at radius 1 is 0.806 bits per heavy atom. The first kappa shape index (κ1) is 44.9. The highest BCUT2D eigenvalue weighted by molar-refractivity contribution is 7.86. The largest absolute Gasteiger partial charge is 0.505 e. The maximum atomic E-state index is 14.7. The standard InChI is InChI=1S/C37H35FN10O11S3/c1-3-48(26-11-4-7-21(2)17-26)37-42-35(38)41-36(43-37)40-24-9-5-10-25(20-24)44-47-33-30(61(53,54)55)19-23-13-15-28(32(39)31(23)34(33)49)46-45-27-14-12-22(18-29(27)60(50,51)52)8-6-16-59-62(56,57)58/h4-5,7,9-15,17-20,49H,3,6,8,16,39H2,1-2H3,(H,50,51,52)(H,53,54,55)(H,56,57,58)(H,40,41,42,43). The average Bonchev–Trinajstić information content (AvgIpc) is 3.18. The number of aryl methyl sites for hydroxylation is 2. The summed E-state index contributed by atoms with van der Waals surface area (Å²) in [5, 5.41) is 30.0. The molecule has 62 heavy (non-hydrogen) atoms. The van der Waals surface area contributed by atoms with Gasteiger partial charge in [-0.1, -0.05) is 30.3 Å². The lowest BCUT2D eigenvalue weighted by atomic mass is 10.1. The SMILES string of the molecule is CCN(c1cccc(C)c1)c1nc(F)nc(Nc2cccc(N=Nc3c(S(=O)(=O)O)cc4ccc(N=Nc5ccc(CCCOS(=O)(=O)O)cc5S(=O)(=O)O)c(N)c4c3O)c2)n1. The van der Waals surface area contributed by atoms with Gasteiger partial charge in [0.15, 0.2) is 5.75 Å². The molecule has 7 N–H and O–H groups in total. The van der Waals surface area contributed by atoms with Crippen LogP contribution in [-0.4, -0.2) is 72.1 Å². The van der Waals surface area contributed by atoms with E-state index in [0.717, 1.165) is 23.4 Å². The highest BCUT2D eigenvalue weighted by atomic mass is 32.3. The van der Waals surface area contributed by atoms with Crippen molar-refractivity contribution in [2.75, 3.05) is 29.1 Å². The van der Waals surface area contributed by atoms with E-state index < -0.39 is 64.5 Å². The van der Waals surface area contributed by atoms with Gasteiger partial charge in [-0.15, -0.1) is 15.3 Å². The number of hydrogen-bond acceptors (Lipinski definition) is 18. The molecule has 6 aromatic rings. The van der Waals surface area contributed by atoms with Crippen molar-refractivity contribution < 1.29 is 52.6 Å². The third-order valence-electron chi connectivity index (χ3n) is 8.76. The van der Waals surface area contributed by atoms with Crippen LogP contribution in [0.2, 0.25) is 0 Å². The second-order valence-electron chi connectivity index (χ2n) is 13.2. The van der Waals surface area contributed by atoms with E-state index in [2.05, 4.69) is 44.9 Å². The number of rotatable bonds is 16. The molecule has 0 amide bonds. The molecule has 25 heteroatoms. The smallest absolute Gasteiger partial charge is 0.397 e. The first-order valence-corrected chi connectivity index (χ1v) is 22.2. The van der Waals surface area contributed by atoms with Gasteiger partial charge in [-0.25, -0.2) is 4.18 Å². The van der Waals surface area contributed by atoms with E-state index >= 15 is 0 Å². The minimum Gasteiger partial charge on any atom is -0.505 e. The summed E-state index contributed by atoms with van der Waals surface area (Å²) in [4.78, 5) is 12.2. The Hall–Kier alpha value is -6.61. The first-order chi connectivity index (χ1) is 29.2. The Labute approximate surface area is 353 Å². The third-order valence-corrected chi connectivity index (χ3v) is 11.0. The summed E-state index contributed by atoms with van der Waals surface area (Å²) in [5.74, 6) is -0.952. The minimum atomic E-state index is -5.04. The van der Waals surface area contributed by atoms with Crippen molar-refractivity contribution in [3.05, 3.63) is 102 Å². The molecule has 5 aromatic carbocycles. The van der Waals surface area contributed by atoms with Crippen molar-refractivity contribution in [3.8, 4) is 5.75 Å². The molecule has 0 spiro atoms. The van der Waals surface area contributed by atoms with Crippen molar-refractivity contribution in [1.82, 2.24) is 15.0 Å². The van der Waals surface area contributed by atoms with E-state index in [9.17, 15) is 43.9 Å². The van der Waals surface area contributed by atoms with Gasteiger partial charge in [0.1, 0.15) is 26.9 Å². The van der Waals surface area contributed by atoms with Gasteiger partial charge in [0.25, 0.3) is 20.2 Å². The van der Waals surface area contributed by atoms with E-state index in [-0.39, 0.29) is 58.3 Å². The summed E-state index contributed by atoms with van der Waals surface area (Å²) in [5.41, 5.74) is 7.28. The Bertz CT molecular complexity index is 3100. The molecule has 0 aliphatic heterocycles. The second-order valence-corrected chi connectivity index (χ2v) is 17.0. The molecular formula is C37H35FN10O11S3. The number of benzene rings is 5. The van der Waals surface area contributed by atoms with Crippen LogP contribution in [0.1, 0.15) is 24.5 Å². The number of azo groups is 2. The first-order valence-electron chi connectivity index (χ1n) is 17.9. The minimum absolute atomic E-state index is 0.00525. The van der Waals surface area contributed by atoms with Gasteiger partial charge in [0, 0.05) is 17.9 Å². The number of phenolic OH excluding ortho intramolecular Hbond substituents is 1. The number of aromatic hydroxyl groups is 1. The number of phenols is 1. The van der Waals surface area contributed by atoms with Gasteiger partial charge in [-0.2, -0.15) is 49.7 Å². The molecule has 0 aliphatic rings. The van der Waals surface area contributed by atoms with Crippen molar-refractivity contribution >= 4 is 93.1 Å². The van der Waals surface area contributed by atoms with Gasteiger partial charge in [-0.3, -0.25) is 13.7 Å². The molecule has 0 bridgehead atoms. The fraction of sp³-hybridized carbons (Fsp3) is 0.162. The summed E-state index contributed by atoms with van der Waals surface area (Å²) in [6, 6.07) is 20.7. The topological polar surface area (TPSA) is 322 Å². The highest BCUT2D eigenvalue weighted by Gasteiger charge is 2.25. The van der Waals surface area contributed by atoms with E-state index in [1.54, 1.807) is 11.0 Å². The number of anilines is 5. The van der Waals surface area contributed by atoms with Crippen LogP contribution < -0.4 is 16.0 Å². The third kappa shape index (κ3) is 11.0. The number of fused-ring (bicyclic) bond motifs is 1. The summed E-state index contributed by atoms with van der Waals surface area (Å²) < 4.78 is 119. The molecule has 324 valence electrons. The quantitative estimate of drug-likeness (QED) is 0.0234. The van der Waals surface area contributed by atoms with E-state index in [4.69, 9.17) is 10.3 Å². The maximum absolute atomic E-state index is 14.7. The Balaban J connectivity index is 1.30. The number of halogens is 1. The zero-order chi connectivity index (χ0) is 45.0. The lowest BCUT2D eigenvalue weighted by Gasteiger charge is -2.21. The molecule has 1 heterocycles. The molecule has 0 fully saturated rings. The maximum Gasteiger partial charge on any atom is 0.397 e. The molecule has 0 saturated heterocycles. The van der Waals surface area contributed by atoms with E-state index in [1.807, 2.05) is 38.1 Å². The summed E-state index contributed by atoms with van der Waals surface area (Å²) in [6.45, 7) is 3.76. The molecule has 0 saturated carbocycles. The molecule has 0 radical (unpaired) electrons. The van der Waals surface area contributed by atoms with E-state index in [1.165, 1.54) is 42.5 Å². The summed E-state index contributed by atoms with van der Waals surface area (Å²) in [6.07, 6.45) is -0.923. The average molecular weight is 911 g/mol. The van der Waals surface area contributed by atoms with Crippen molar-refractivity contribution in [2.24, 2.45) is 20.5 Å². The molecule has 0 unspecified atom stereocenters. The van der Waals surface area contributed by atoms with Crippen LogP contribution in [0, 0.1) is 13.0 Å². The fourth-order valence-corrected chi connectivity index (χ4v) is 7.68. The Kier molecular flexibility index (Phi) is 13.2. The number of nitrogens with two attached hydrogens (primary N) is 1. The normalized spacial score (nSPS) is 12.4. The monoisotopic (exact) mass is 910 g/mol. The molecule has 21 nitrogen and oxygen atoms in total. The van der Waals surface area contributed by atoms with Gasteiger partial charge in [-0.05, 0) is 97.8 Å². The second kappa shape index (κ2) is 18.2. The zero-order valence-corrected chi connectivity index (χ0v) is 34.8. The number of aromatic nitrogens is 3. The van der Waals surface area contributed by atoms with Crippen molar-refractivity contribution in [3.63, 3.8) is 0 Å². The predicted molar refractivity (Wildman–Crippen MR) is 224 cm³/mol.